The molecule has 0 bridgehead atoms. The highest BCUT2D eigenvalue weighted by atomic mass is 19.1. The fourth-order valence-corrected chi connectivity index (χ4v) is 3.21. The Kier molecular flexibility index (Phi) is 3.76. The van der Waals surface area contributed by atoms with Gasteiger partial charge < -0.3 is 9.67 Å². The molecule has 0 aliphatic heterocycles. The van der Waals surface area contributed by atoms with Crippen LogP contribution in [-0.2, 0) is 0 Å². The van der Waals surface area contributed by atoms with Gasteiger partial charge >= 0.3 is 0 Å². The molecule has 4 aromatic rings. The highest BCUT2D eigenvalue weighted by Crippen LogP contribution is 2.33. The number of halogens is 1. The molecule has 1 N–H and O–H groups in total. The molecule has 0 unspecified atom stereocenters. The molecule has 0 amide bonds. The second-order valence-corrected chi connectivity index (χ2v) is 6.64. The van der Waals surface area contributed by atoms with Crippen molar-refractivity contribution >= 4 is 10.8 Å². The molecule has 0 aliphatic rings. The lowest BCUT2D eigenvalue weighted by Gasteiger charge is -2.07. The van der Waals surface area contributed by atoms with E-state index in [0.717, 1.165) is 22.0 Å². The van der Waals surface area contributed by atoms with Crippen molar-refractivity contribution in [2.24, 2.45) is 0 Å². The van der Waals surface area contributed by atoms with Gasteiger partial charge in [0.1, 0.15) is 17.2 Å². The average Bonchev–Trinajstić information content (AvgIpc) is 3.16. The van der Waals surface area contributed by atoms with Crippen molar-refractivity contribution in [2.45, 2.75) is 26.8 Å². The van der Waals surface area contributed by atoms with Gasteiger partial charge in [0.05, 0.1) is 5.69 Å². The Bertz CT molecular complexity index is 1110. The van der Waals surface area contributed by atoms with Gasteiger partial charge in [-0.3, -0.25) is 0 Å². The predicted molar refractivity (Wildman–Crippen MR) is 99.0 cm³/mol. The summed E-state index contributed by atoms with van der Waals surface area (Å²) in [6.07, 6.45) is 1.93. The first-order chi connectivity index (χ1) is 12.5. The maximum atomic E-state index is 14.1. The fourth-order valence-electron chi connectivity index (χ4n) is 3.21. The normalized spacial score (nSPS) is 11.6. The van der Waals surface area contributed by atoms with Crippen LogP contribution < -0.4 is 0 Å². The third kappa shape index (κ3) is 2.45. The first-order valence-electron chi connectivity index (χ1n) is 8.48. The molecule has 26 heavy (non-hydrogen) atoms. The van der Waals surface area contributed by atoms with Crippen LogP contribution in [-0.4, -0.2) is 24.7 Å². The van der Waals surface area contributed by atoms with Gasteiger partial charge in [0.2, 0.25) is 0 Å². The van der Waals surface area contributed by atoms with E-state index in [9.17, 15) is 9.50 Å². The van der Waals surface area contributed by atoms with E-state index in [1.807, 2.05) is 49.7 Å². The van der Waals surface area contributed by atoms with Gasteiger partial charge in [0.25, 0.3) is 0 Å². The zero-order chi connectivity index (χ0) is 18.4. The molecule has 0 aliphatic carbocycles. The number of rotatable bonds is 3. The summed E-state index contributed by atoms with van der Waals surface area (Å²) >= 11 is 0. The number of fused-ring (bicyclic) bond motifs is 1. The molecule has 0 radical (unpaired) electrons. The van der Waals surface area contributed by atoms with Crippen LogP contribution in [0.5, 0.6) is 5.88 Å². The van der Waals surface area contributed by atoms with Crippen LogP contribution in [0.4, 0.5) is 4.39 Å². The predicted octanol–water partition coefficient (Wildman–Crippen LogP) is 4.62. The molecule has 0 spiro atoms. The first kappa shape index (κ1) is 16.3. The minimum Gasteiger partial charge on any atom is -0.494 e. The van der Waals surface area contributed by atoms with Gasteiger partial charge in [-0.05, 0) is 45.0 Å². The van der Waals surface area contributed by atoms with Crippen molar-refractivity contribution in [1.29, 1.82) is 0 Å². The molecule has 6 heteroatoms. The summed E-state index contributed by atoms with van der Waals surface area (Å²) in [6.45, 7) is 5.90. The summed E-state index contributed by atoms with van der Waals surface area (Å²) in [5, 5.41) is 20.4. The van der Waals surface area contributed by atoms with E-state index < -0.39 is 0 Å². The summed E-state index contributed by atoms with van der Waals surface area (Å²) < 4.78 is 17.4. The number of hydrogen-bond acceptors (Lipinski definition) is 3. The summed E-state index contributed by atoms with van der Waals surface area (Å²) in [5.74, 6) is -0.0882. The summed E-state index contributed by atoms with van der Waals surface area (Å²) in [4.78, 5) is 0. The lowest BCUT2D eigenvalue weighted by Crippen LogP contribution is -2.01. The van der Waals surface area contributed by atoms with E-state index in [0.29, 0.717) is 11.4 Å². The average molecular weight is 350 g/mol. The minimum absolute atomic E-state index is 0.162. The van der Waals surface area contributed by atoms with E-state index in [2.05, 4.69) is 10.3 Å². The molecular weight excluding hydrogens is 331 g/mol. The number of benzene rings is 2. The molecule has 0 saturated carbocycles. The Morgan fingerprint density at radius 1 is 1.12 bits per heavy atom. The molecule has 5 nitrogen and oxygen atoms in total. The van der Waals surface area contributed by atoms with Crippen LogP contribution in [0.25, 0.3) is 27.7 Å². The maximum Gasteiger partial charge on any atom is 0.199 e. The maximum absolute atomic E-state index is 14.1. The topological polar surface area (TPSA) is 55.9 Å². The zero-order valence-electron chi connectivity index (χ0n) is 14.8. The Hall–Kier alpha value is -3.15. The van der Waals surface area contributed by atoms with Crippen LogP contribution in [0.2, 0.25) is 0 Å². The van der Waals surface area contributed by atoms with E-state index in [1.54, 1.807) is 18.2 Å². The first-order valence-corrected chi connectivity index (χ1v) is 8.48. The summed E-state index contributed by atoms with van der Waals surface area (Å²) in [5.41, 5.74) is 2.68. The number of hydrogen-bond donors (Lipinski definition) is 1. The molecule has 4 rings (SSSR count). The Morgan fingerprint density at radius 3 is 2.62 bits per heavy atom. The van der Waals surface area contributed by atoms with Crippen LogP contribution in [0.1, 0.15) is 25.6 Å². The number of aromatic hydroxyl groups is 1. The molecule has 2 aromatic carbocycles. The zero-order valence-corrected chi connectivity index (χ0v) is 14.8. The van der Waals surface area contributed by atoms with E-state index in [4.69, 9.17) is 0 Å². The van der Waals surface area contributed by atoms with Gasteiger partial charge in [-0.25, -0.2) is 9.07 Å². The van der Waals surface area contributed by atoms with Crippen molar-refractivity contribution in [3.8, 4) is 22.8 Å². The lowest BCUT2D eigenvalue weighted by atomic mass is 10.1. The van der Waals surface area contributed by atoms with Crippen molar-refractivity contribution in [2.75, 3.05) is 0 Å². The van der Waals surface area contributed by atoms with Crippen molar-refractivity contribution in [1.82, 2.24) is 19.6 Å². The van der Waals surface area contributed by atoms with Crippen LogP contribution in [0.15, 0.2) is 48.7 Å². The largest absolute Gasteiger partial charge is 0.494 e. The van der Waals surface area contributed by atoms with Crippen LogP contribution in [0, 0.1) is 12.7 Å². The third-order valence-electron chi connectivity index (χ3n) is 4.62. The standard InChI is InChI=1S/C20H19FN4O/c1-12(2)24-11-15-10-14(8-9-16(15)20(24)26)19-13(3)25(23-22-19)18-7-5-4-6-17(18)21/h4-12,26H,1-3H3. The summed E-state index contributed by atoms with van der Waals surface area (Å²) in [7, 11) is 0. The van der Waals surface area contributed by atoms with E-state index in [1.165, 1.54) is 10.7 Å². The van der Waals surface area contributed by atoms with Crippen molar-refractivity contribution < 1.29 is 9.50 Å². The van der Waals surface area contributed by atoms with E-state index in [-0.39, 0.29) is 17.7 Å². The second kappa shape index (κ2) is 5.98. The molecule has 2 heterocycles. The quantitative estimate of drug-likeness (QED) is 0.586. The Labute approximate surface area is 150 Å². The summed E-state index contributed by atoms with van der Waals surface area (Å²) in [6, 6.07) is 12.4. The highest BCUT2D eigenvalue weighted by Gasteiger charge is 2.16. The van der Waals surface area contributed by atoms with Crippen molar-refractivity contribution in [3.05, 3.63) is 60.2 Å². The van der Waals surface area contributed by atoms with Gasteiger partial charge in [-0.1, -0.05) is 23.4 Å². The molecule has 132 valence electrons. The molecule has 0 fully saturated rings. The molecule has 0 saturated heterocycles. The van der Waals surface area contributed by atoms with Crippen LogP contribution >= 0.6 is 0 Å². The third-order valence-corrected chi connectivity index (χ3v) is 4.62. The molecule has 2 aromatic heterocycles. The van der Waals surface area contributed by atoms with Gasteiger partial charge in [-0.15, -0.1) is 5.10 Å². The fraction of sp³-hybridized carbons (Fsp3) is 0.200. The van der Waals surface area contributed by atoms with E-state index >= 15 is 0 Å². The second-order valence-electron chi connectivity index (χ2n) is 6.64. The van der Waals surface area contributed by atoms with Gasteiger partial charge in [0.15, 0.2) is 5.88 Å². The molecular formula is C20H19FN4O. The SMILES string of the molecule is Cc1c(-c2ccc3c(O)n(C(C)C)cc3c2)nnn1-c1ccccc1F. The Morgan fingerprint density at radius 2 is 1.88 bits per heavy atom. The number of aromatic nitrogens is 4. The molecule has 0 atom stereocenters. The lowest BCUT2D eigenvalue weighted by molar-refractivity contribution is 0.405. The smallest absolute Gasteiger partial charge is 0.199 e. The monoisotopic (exact) mass is 350 g/mol. The number of nitrogens with zero attached hydrogens (tertiary/aromatic N) is 4. The van der Waals surface area contributed by atoms with Gasteiger partial charge in [-0.2, -0.15) is 0 Å². The minimum atomic E-state index is -0.346. The highest BCUT2D eigenvalue weighted by molar-refractivity contribution is 5.91. The number of para-hydroxylation sites is 1. The van der Waals surface area contributed by atoms with Crippen LogP contribution in [0.3, 0.4) is 0 Å². The van der Waals surface area contributed by atoms with Gasteiger partial charge in [0, 0.05) is 28.6 Å². The Balaban J connectivity index is 1.83. The van der Waals surface area contributed by atoms with Crippen molar-refractivity contribution in [3.63, 3.8) is 0 Å².